The molecule has 3 aromatic heterocycles. The van der Waals surface area contributed by atoms with E-state index in [1.807, 2.05) is 13.8 Å². The predicted octanol–water partition coefficient (Wildman–Crippen LogP) is 8.62. The highest BCUT2D eigenvalue weighted by atomic mass is 127. The molecular formula is C52H78Al2I2N8O16. The number of nitrogens with zero attached hydrogens (tertiary/aromatic N) is 5. The van der Waals surface area contributed by atoms with Crippen molar-refractivity contribution in [1.29, 1.82) is 0 Å². The Morgan fingerprint density at radius 2 is 0.850 bits per heavy atom. The first-order valence-corrected chi connectivity index (χ1v) is 37.0. The van der Waals surface area contributed by atoms with Crippen molar-refractivity contribution in [3.8, 4) is 0 Å². The number of pyridine rings is 3. The van der Waals surface area contributed by atoms with Crippen LogP contribution in [0, 0.1) is 0 Å². The molecule has 0 unspecified atom stereocenters. The Balaban J connectivity index is 0.00000109. The Bertz CT molecular complexity index is 2410. The second-order valence-electron chi connectivity index (χ2n) is 20.2. The molecule has 0 bridgehead atoms. The summed E-state index contributed by atoms with van der Waals surface area (Å²) in [6.07, 6.45) is 7.98. The minimum Gasteiger partial charge on any atom is -0.611 e. The molecule has 0 fully saturated rings. The molecule has 0 spiro atoms. The number of anilines is 3. The third-order valence-corrected chi connectivity index (χ3v) is 11.9. The first kappa shape index (κ1) is 74.6. The van der Waals surface area contributed by atoms with Crippen LogP contribution in [0.3, 0.4) is 0 Å². The summed E-state index contributed by atoms with van der Waals surface area (Å²) in [6, 6.07) is 9.65. The van der Waals surface area contributed by atoms with Crippen LogP contribution in [0.4, 0.5) is 31.8 Å². The summed E-state index contributed by atoms with van der Waals surface area (Å²) in [4.78, 5) is 118. The van der Waals surface area contributed by atoms with Gasteiger partial charge in [-0.05, 0) is 116 Å². The Morgan fingerprint density at radius 3 is 1.14 bits per heavy atom. The number of carbonyl (C=O) groups excluding carboxylic acids is 7. The second kappa shape index (κ2) is 39.9. The summed E-state index contributed by atoms with van der Waals surface area (Å²) in [5, 5.41) is 25.0. The van der Waals surface area contributed by atoms with Crippen LogP contribution < -0.4 is 16.0 Å². The van der Waals surface area contributed by atoms with Gasteiger partial charge in [-0.1, -0.05) is 51.8 Å². The molecule has 0 aliphatic heterocycles. The first-order chi connectivity index (χ1) is 37.3. The Morgan fingerprint density at radius 1 is 0.500 bits per heavy atom. The topological polar surface area (TPSA) is 321 Å². The molecule has 5 amide bonds. The Hall–Kier alpha value is -5.40. The van der Waals surface area contributed by atoms with Crippen LogP contribution in [0.15, 0.2) is 55.0 Å². The van der Waals surface area contributed by atoms with E-state index in [2.05, 4.69) is 78.4 Å². The minimum absolute atomic E-state index is 0.00508. The molecule has 442 valence electrons. The SMILES string of the molecule is CC(C)(C)OC(=O)Nc1ccc(CC(=O)O)cn1.CCCCCC(=O)[O][AlH][I].CCCN(CC(=O)O)C(=O)Cc1ccc(NC(=O)OC(C)(C)C)nc1.CCCN(CC(=O)[O][AlH][I])C(=O)Cc1ccc(NC(=O)OC(C)(C)C)nc1. The maximum Gasteiger partial charge on any atom is 0.614 e. The number of hydrogen-bond donors (Lipinski definition) is 5. The number of aliphatic carboxylic acids is 2. The number of carboxylic acid groups (broad SMARTS) is 2. The number of aromatic nitrogens is 3. The maximum atomic E-state index is 12.5. The quantitative estimate of drug-likeness (QED) is 0.0257. The molecule has 0 saturated carbocycles. The number of rotatable bonds is 23. The van der Waals surface area contributed by atoms with Crippen LogP contribution in [-0.2, 0) is 69.8 Å². The van der Waals surface area contributed by atoms with Crippen LogP contribution >= 0.6 is 40.5 Å². The number of unbranched alkanes of at least 4 members (excludes halogenated alkanes) is 2. The zero-order valence-corrected chi connectivity index (χ0v) is 55.0. The summed E-state index contributed by atoms with van der Waals surface area (Å²) >= 11 is 2.81. The number of carboxylic acids is 2. The molecular weight excluding hydrogens is 1300 g/mol. The van der Waals surface area contributed by atoms with Gasteiger partial charge in [0.25, 0.3) is 11.9 Å². The highest BCUT2D eigenvalue weighted by Crippen LogP contribution is 2.15. The van der Waals surface area contributed by atoms with E-state index in [0.717, 1.165) is 25.7 Å². The fourth-order valence-electron chi connectivity index (χ4n) is 5.98. The molecule has 0 aliphatic carbocycles. The average Bonchev–Trinajstić information content (AvgIpc) is 3.32. The van der Waals surface area contributed by atoms with E-state index in [9.17, 15) is 43.2 Å². The molecule has 24 nitrogen and oxygen atoms in total. The number of halogens is 2. The number of hydrogen-bond acceptors (Lipinski definition) is 17. The van der Waals surface area contributed by atoms with Crippen molar-refractivity contribution in [2.45, 2.75) is 158 Å². The van der Waals surface area contributed by atoms with Crippen molar-refractivity contribution in [2.75, 3.05) is 42.1 Å². The summed E-state index contributed by atoms with van der Waals surface area (Å²) < 4.78 is 25.2. The van der Waals surface area contributed by atoms with Crippen LogP contribution in [0.2, 0.25) is 0 Å². The van der Waals surface area contributed by atoms with E-state index >= 15 is 0 Å². The number of nitrogens with one attached hydrogen (secondary N) is 3. The van der Waals surface area contributed by atoms with E-state index in [1.54, 1.807) is 92.6 Å². The number of ether oxygens (including phenoxy) is 3. The Kier molecular flexibility index (Phi) is 37.2. The zero-order chi connectivity index (χ0) is 61.1. The molecule has 5 N–H and O–H groups in total. The van der Waals surface area contributed by atoms with Gasteiger partial charge in [0.15, 0.2) is 0 Å². The monoisotopic (exact) mass is 1380 g/mol. The minimum atomic E-state index is -1.04. The van der Waals surface area contributed by atoms with Gasteiger partial charge in [0.1, 0.15) is 47.3 Å². The molecule has 0 atom stereocenters. The van der Waals surface area contributed by atoms with Crippen LogP contribution in [-0.4, -0.2) is 156 Å². The molecule has 0 radical (unpaired) electrons. The van der Waals surface area contributed by atoms with Crippen LogP contribution in [0.1, 0.15) is 138 Å². The standard InChI is InChI=1S/2C17H25N3O5.C12H16N2O4.C6H12O2.2Al.2HI.2H/c2*1-5-8-20(11-15(22)23)14(21)9-12-6-7-13(18-10-12)19-16(24)25-17(2,3)4;1-12(2,3)18-11(17)14-9-5-4-8(7-13-9)6-10(15)16;1-2-3-4-5-6(7)8;;;;;;/h2*6-7,10H,5,8-9,11H2,1-4H3,(H,22,23)(H,18,19,24);4-5,7H,6H2,1-3H3,(H,15,16)(H,13,14,17);2-5H2,1H3,(H,7,8);;;2*1H;;/q;;;;2*+2;;;;/p-4. The third kappa shape index (κ3) is 39.9. The second-order valence-corrected chi connectivity index (χ2v) is 24.9. The Labute approximate surface area is 504 Å². The highest BCUT2D eigenvalue weighted by molar-refractivity contribution is 14.1. The first-order valence-electron chi connectivity index (χ1n) is 25.6. The largest absolute Gasteiger partial charge is 0.614 e. The fraction of sp³-hybridized carbons (Fsp3) is 0.538. The van der Waals surface area contributed by atoms with E-state index in [4.69, 9.17) is 32.0 Å². The molecule has 3 heterocycles. The maximum absolute atomic E-state index is 12.5. The predicted molar refractivity (Wildman–Crippen MR) is 321 cm³/mol. The molecule has 0 aromatic carbocycles. The van der Waals surface area contributed by atoms with Crippen LogP contribution in [0.5, 0.6) is 0 Å². The van der Waals surface area contributed by atoms with Crippen molar-refractivity contribution in [3.63, 3.8) is 0 Å². The van der Waals surface area contributed by atoms with E-state index in [0.29, 0.717) is 60.1 Å². The van der Waals surface area contributed by atoms with Gasteiger partial charge in [-0.15, -0.1) is 0 Å². The van der Waals surface area contributed by atoms with Crippen LogP contribution in [0.25, 0.3) is 0 Å². The van der Waals surface area contributed by atoms with Gasteiger partial charge in [-0.2, -0.15) is 40.5 Å². The number of amides is 5. The summed E-state index contributed by atoms with van der Waals surface area (Å²) in [7, 11) is 0. The van der Waals surface area contributed by atoms with Gasteiger partial charge in [0.2, 0.25) is 11.8 Å². The fourth-order valence-corrected chi connectivity index (χ4v) is 8.55. The molecule has 0 aliphatic rings. The van der Waals surface area contributed by atoms with Gasteiger partial charge in [-0.3, -0.25) is 44.7 Å². The van der Waals surface area contributed by atoms with Crippen molar-refractivity contribution >= 4 is 137 Å². The summed E-state index contributed by atoms with van der Waals surface area (Å²) in [5.41, 5.74) is 0.104. The molecule has 3 aromatic rings. The van der Waals surface area contributed by atoms with Gasteiger partial charge in [0, 0.05) is 38.1 Å². The van der Waals surface area contributed by atoms with Crippen molar-refractivity contribution < 1.29 is 75.2 Å². The lowest BCUT2D eigenvalue weighted by atomic mass is 10.2. The smallest absolute Gasteiger partial charge is 0.611 e. The summed E-state index contributed by atoms with van der Waals surface area (Å²) in [5.74, 6) is -1.83. The summed E-state index contributed by atoms with van der Waals surface area (Å²) in [6.45, 7) is 22.3. The lowest BCUT2D eigenvalue weighted by molar-refractivity contribution is -0.144. The average molecular weight is 1380 g/mol. The zero-order valence-electron chi connectivity index (χ0n) is 47.9. The van der Waals surface area contributed by atoms with E-state index in [-0.39, 0.29) is 56.1 Å². The van der Waals surface area contributed by atoms with Gasteiger partial charge in [0.05, 0.1) is 19.3 Å². The lowest BCUT2D eigenvalue weighted by Gasteiger charge is -2.21. The van der Waals surface area contributed by atoms with Crippen molar-refractivity contribution in [3.05, 3.63) is 71.7 Å². The molecule has 28 heteroatoms. The van der Waals surface area contributed by atoms with E-state index < -0.39 is 71.6 Å². The lowest BCUT2D eigenvalue weighted by Crippen LogP contribution is -2.38. The van der Waals surface area contributed by atoms with Crippen molar-refractivity contribution in [2.24, 2.45) is 0 Å². The van der Waals surface area contributed by atoms with Gasteiger partial charge >= 0.3 is 54.8 Å². The molecule has 0 saturated heterocycles. The molecule has 80 heavy (non-hydrogen) atoms. The van der Waals surface area contributed by atoms with Gasteiger partial charge in [-0.25, -0.2) is 29.3 Å². The van der Waals surface area contributed by atoms with Crippen molar-refractivity contribution in [1.82, 2.24) is 24.8 Å². The van der Waals surface area contributed by atoms with E-state index in [1.165, 1.54) is 34.5 Å². The molecule has 3 rings (SSSR count). The third-order valence-electron chi connectivity index (χ3n) is 9.18. The van der Waals surface area contributed by atoms with Gasteiger partial charge < -0.3 is 41.8 Å². The normalized spacial score (nSPS) is 10.6. The highest BCUT2D eigenvalue weighted by Gasteiger charge is 2.21. The number of carbonyl (C=O) groups is 9.